The fraction of sp³-hybridized carbons (Fsp3) is 0.273. The largest absolute Gasteiger partial charge is 0.313 e. The second-order valence-electron chi connectivity index (χ2n) is 6.68. The molecule has 0 bridgehead atoms. The maximum Gasteiger partial charge on any atom is 0.248 e. The van der Waals surface area contributed by atoms with E-state index in [0.717, 1.165) is 16.6 Å². The number of fused-ring (bicyclic) bond motifs is 1. The van der Waals surface area contributed by atoms with Crippen LogP contribution in [0.3, 0.4) is 0 Å². The van der Waals surface area contributed by atoms with Crippen LogP contribution in [-0.2, 0) is 27.6 Å². The SMILES string of the molecule is C=CCn1c(=NC(=O)CCCS(=O)(=O)c2ccccc2)sc2cc(CC)ccc21. The molecule has 1 heterocycles. The van der Waals surface area contributed by atoms with Gasteiger partial charge < -0.3 is 4.57 Å². The van der Waals surface area contributed by atoms with Gasteiger partial charge in [-0.1, -0.05) is 48.6 Å². The van der Waals surface area contributed by atoms with Gasteiger partial charge in [0.05, 0.1) is 20.9 Å². The maximum atomic E-state index is 12.4. The Balaban J connectivity index is 1.77. The summed E-state index contributed by atoms with van der Waals surface area (Å²) in [5.74, 6) is -0.384. The summed E-state index contributed by atoms with van der Waals surface area (Å²) in [7, 11) is -3.38. The van der Waals surface area contributed by atoms with Gasteiger partial charge in [0.25, 0.3) is 0 Å². The van der Waals surface area contributed by atoms with E-state index in [-0.39, 0.29) is 29.4 Å². The first kappa shape index (κ1) is 21.2. The quantitative estimate of drug-likeness (QED) is 0.507. The molecule has 0 aliphatic carbocycles. The van der Waals surface area contributed by atoms with Crippen molar-refractivity contribution in [3.63, 3.8) is 0 Å². The average Bonchev–Trinajstić information content (AvgIpc) is 3.05. The van der Waals surface area contributed by atoms with Gasteiger partial charge in [-0.05, 0) is 42.7 Å². The summed E-state index contributed by atoms with van der Waals surface area (Å²) >= 11 is 1.47. The Labute approximate surface area is 175 Å². The number of hydrogen-bond donors (Lipinski definition) is 0. The van der Waals surface area contributed by atoms with Crippen molar-refractivity contribution in [2.45, 2.75) is 37.6 Å². The van der Waals surface area contributed by atoms with Crippen LogP contribution in [0, 0.1) is 0 Å². The molecular formula is C22H24N2O3S2. The molecular weight excluding hydrogens is 404 g/mol. The molecule has 0 aliphatic heterocycles. The zero-order chi connectivity index (χ0) is 20.9. The predicted octanol–water partition coefficient (Wildman–Crippen LogP) is 4.13. The van der Waals surface area contributed by atoms with E-state index in [1.165, 1.54) is 16.9 Å². The zero-order valence-electron chi connectivity index (χ0n) is 16.4. The molecule has 0 unspecified atom stereocenters. The molecule has 0 spiro atoms. The molecule has 0 radical (unpaired) electrons. The van der Waals surface area contributed by atoms with Crippen molar-refractivity contribution >= 4 is 37.3 Å². The van der Waals surface area contributed by atoms with Gasteiger partial charge in [-0.15, -0.1) is 6.58 Å². The van der Waals surface area contributed by atoms with E-state index in [1.807, 2.05) is 10.6 Å². The number of carbonyl (C=O) groups is 1. The first-order valence-corrected chi connectivity index (χ1v) is 12.0. The number of nitrogens with zero attached hydrogens (tertiary/aromatic N) is 2. The molecule has 2 aromatic carbocycles. The minimum atomic E-state index is -3.38. The molecule has 5 nitrogen and oxygen atoms in total. The van der Waals surface area contributed by atoms with Crippen LogP contribution in [0.2, 0.25) is 0 Å². The molecule has 0 saturated carbocycles. The van der Waals surface area contributed by atoms with E-state index in [0.29, 0.717) is 11.3 Å². The predicted molar refractivity (Wildman–Crippen MR) is 118 cm³/mol. The highest BCUT2D eigenvalue weighted by Gasteiger charge is 2.14. The third-order valence-electron chi connectivity index (χ3n) is 4.59. The smallest absolute Gasteiger partial charge is 0.248 e. The van der Waals surface area contributed by atoms with E-state index >= 15 is 0 Å². The van der Waals surface area contributed by atoms with Crippen molar-refractivity contribution in [2.75, 3.05) is 5.75 Å². The van der Waals surface area contributed by atoms with Crippen molar-refractivity contribution in [3.05, 3.63) is 71.6 Å². The van der Waals surface area contributed by atoms with Crippen LogP contribution in [-0.4, -0.2) is 24.6 Å². The van der Waals surface area contributed by atoms with Gasteiger partial charge in [-0.3, -0.25) is 4.79 Å². The van der Waals surface area contributed by atoms with Crippen molar-refractivity contribution in [3.8, 4) is 0 Å². The van der Waals surface area contributed by atoms with Crippen LogP contribution in [0.1, 0.15) is 25.3 Å². The van der Waals surface area contributed by atoms with Crippen molar-refractivity contribution < 1.29 is 13.2 Å². The highest BCUT2D eigenvalue weighted by molar-refractivity contribution is 7.91. The Morgan fingerprint density at radius 3 is 2.66 bits per heavy atom. The summed E-state index contributed by atoms with van der Waals surface area (Å²) < 4.78 is 27.7. The third kappa shape index (κ3) is 5.10. The molecule has 0 saturated heterocycles. The summed E-state index contributed by atoms with van der Waals surface area (Å²) in [5.41, 5.74) is 2.25. The minimum absolute atomic E-state index is 0.0722. The highest BCUT2D eigenvalue weighted by Crippen LogP contribution is 2.20. The Hall–Kier alpha value is -2.51. The van der Waals surface area contributed by atoms with E-state index < -0.39 is 9.84 Å². The van der Waals surface area contributed by atoms with E-state index in [4.69, 9.17) is 0 Å². The van der Waals surface area contributed by atoms with Gasteiger partial charge >= 0.3 is 0 Å². The number of rotatable bonds is 8. The van der Waals surface area contributed by atoms with Gasteiger partial charge in [0.1, 0.15) is 0 Å². The molecule has 3 rings (SSSR count). The molecule has 7 heteroatoms. The van der Waals surface area contributed by atoms with E-state index in [2.05, 4.69) is 30.6 Å². The maximum absolute atomic E-state index is 12.4. The molecule has 0 atom stereocenters. The average molecular weight is 429 g/mol. The second kappa shape index (κ2) is 9.33. The lowest BCUT2D eigenvalue weighted by Gasteiger charge is -2.03. The van der Waals surface area contributed by atoms with Crippen LogP contribution >= 0.6 is 11.3 Å². The lowest BCUT2D eigenvalue weighted by atomic mass is 10.2. The number of hydrogen-bond acceptors (Lipinski definition) is 4. The summed E-state index contributed by atoms with van der Waals surface area (Å²) in [5, 5.41) is 0. The van der Waals surface area contributed by atoms with Gasteiger partial charge in [0.15, 0.2) is 14.6 Å². The van der Waals surface area contributed by atoms with Crippen LogP contribution in [0.4, 0.5) is 0 Å². The van der Waals surface area contributed by atoms with Crippen LogP contribution in [0.5, 0.6) is 0 Å². The fourth-order valence-corrected chi connectivity index (χ4v) is 5.50. The van der Waals surface area contributed by atoms with E-state index in [1.54, 1.807) is 36.4 Å². The lowest BCUT2D eigenvalue weighted by Crippen LogP contribution is -2.16. The molecule has 0 N–H and O–H groups in total. The Morgan fingerprint density at radius 2 is 1.97 bits per heavy atom. The number of thiazole rings is 1. The number of sulfone groups is 1. The number of carbonyl (C=O) groups excluding carboxylic acids is 1. The van der Waals surface area contributed by atoms with Gasteiger partial charge in [0.2, 0.25) is 5.91 Å². The molecule has 0 fully saturated rings. The zero-order valence-corrected chi connectivity index (χ0v) is 18.0. The van der Waals surface area contributed by atoms with Gasteiger partial charge in [-0.25, -0.2) is 8.42 Å². The van der Waals surface area contributed by atoms with Crippen molar-refractivity contribution in [1.82, 2.24) is 4.57 Å². The first-order valence-electron chi connectivity index (χ1n) is 9.53. The molecule has 0 aliphatic rings. The molecule has 1 amide bonds. The van der Waals surface area contributed by atoms with Crippen LogP contribution < -0.4 is 4.80 Å². The number of benzene rings is 2. The Bertz CT molecular complexity index is 1190. The Kier molecular flexibility index (Phi) is 6.82. The molecule has 1 aromatic heterocycles. The summed E-state index contributed by atoms with van der Waals surface area (Å²) in [6.45, 7) is 6.45. The third-order valence-corrected chi connectivity index (χ3v) is 7.45. The lowest BCUT2D eigenvalue weighted by molar-refractivity contribution is -0.118. The Morgan fingerprint density at radius 1 is 1.21 bits per heavy atom. The molecule has 152 valence electrons. The van der Waals surface area contributed by atoms with Crippen molar-refractivity contribution in [1.29, 1.82) is 0 Å². The highest BCUT2D eigenvalue weighted by atomic mass is 32.2. The summed E-state index contributed by atoms with van der Waals surface area (Å²) in [6.07, 6.45) is 3.05. The van der Waals surface area contributed by atoms with E-state index in [9.17, 15) is 13.2 Å². The number of aryl methyl sites for hydroxylation is 1. The number of allylic oxidation sites excluding steroid dienone is 1. The monoisotopic (exact) mass is 428 g/mol. The minimum Gasteiger partial charge on any atom is -0.313 e. The molecule has 3 aromatic rings. The first-order chi connectivity index (χ1) is 13.9. The summed E-state index contributed by atoms with van der Waals surface area (Å²) in [6, 6.07) is 14.5. The van der Waals surface area contributed by atoms with Crippen molar-refractivity contribution in [2.24, 2.45) is 4.99 Å². The van der Waals surface area contributed by atoms with Crippen LogP contribution in [0.25, 0.3) is 10.2 Å². The topological polar surface area (TPSA) is 68.5 Å². The number of aromatic nitrogens is 1. The van der Waals surface area contributed by atoms with Gasteiger partial charge in [-0.2, -0.15) is 4.99 Å². The van der Waals surface area contributed by atoms with Crippen LogP contribution in [0.15, 0.2) is 71.1 Å². The normalized spacial score (nSPS) is 12.4. The van der Waals surface area contributed by atoms with Gasteiger partial charge in [0, 0.05) is 13.0 Å². The summed E-state index contributed by atoms with van der Waals surface area (Å²) in [4.78, 5) is 17.6. The molecule has 29 heavy (non-hydrogen) atoms. The fourth-order valence-electron chi connectivity index (χ4n) is 3.05. The second-order valence-corrected chi connectivity index (χ2v) is 9.80. The number of amides is 1. The standard InChI is InChI=1S/C22H24N2O3S2/c1-3-14-24-19-13-12-17(4-2)16-20(19)28-22(24)23-21(25)11-8-15-29(26,27)18-9-6-5-7-10-18/h3,5-7,9-10,12-13,16H,1,4,8,11,14-15H2,2H3.